The molecule has 0 amide bonds. The average molecular weight is 886 g/mol. The molecule has 0 aliphatic rings. The van der Waals surface area contributed by atoms with Crippen LogP contribution in [0.1, 0.15) is 94.1 Å². The molecule has 0 bridgehead atoms. The molecule has 326 valence electrons. The smallest absolute Gasteiger partial charge is 0.335 e. The van der Waals surface area contributed by atoms with Gasteiger partial charge >= 0.3 is 11.9 Å². The van der Waals surface area contributed by atoms with Gasteiger partial charge in [0, 0.05) is 0 Å². The van der Waals surface area contributed by atoms with E-state index >= 15 is 0 Å². The summed E-state index contributed by atoms with van der Waals surface area (Å²) >= 11 is 0. The van der Waals surface area contributed by atoms with Crippen LogP contribution in [0.15, 0.2) is 155 Å². The fraction of sp³-hybridized carbons (Fsp3) is 0.220. The topological polar surface area (TPSA) is 191 Å². The summed E-state index contributed by atoms with van der Waals surface area (Å²) in [5.74, 6) is -1.91. The van der Waals surface area contributed by atoms with E-state index in [1.165, 1.54) is 12.1 Å². The molecule has 0 aliphatic heterocycles. The third kappa shape index (κ3) is 13.1. The third-order valence-electron chi connectivity index (χ3n) is 10.8. The number of hydrogen-bond donors (Lipinski definition) is 4. The molecule has 4 N–H and O–H groups in total. The maximum atomic E-state index is 13.0. The number of nitriles is 1. The highest BCUT2D eigenvalue weighted by Crippen LogP contribution is 2.29. The Hall–Kier alpha value is -6.75. The summed E-state index contributed by atoms with van der Waals surface area (Å²) in [4.78, 5) is 22.4. The second kappa shape index (κ2) is 21.4. The standard InChI is InChI=1S/C27H31NO4S.C23H20N2O4S/c1-4-27(2,3)23-15-17-24(18-16-23)33(31,32)28-25-14-6-5-11-21(25)12-7-9-20-10-8-13-22(19-20)26(29)30;24-16-20-10-2-4-14-22(20)30(28,29)25-21-13-3-1-9-18(21)11-5-7-17-8-6-12-19(15-17)23(26)27/h5-6,8,10-11,13-19,28H,4,7,9,12H2,1-3H3,(H,29,30);1-4,6,8-10,12-15,25H,5,7,11H2,(H,26,27). The van der Waals surface area contributed by atoms with Crippen LogP contribution in [0.25, 0.3) is 0 Å². The van der Waals surface area contributed by atoms with Crippen molar-refractivity contribution < 1.29 is 36.6 Å². The van der Waals surface area contributed by atoms with E-state index in [0.717, 1.165) is 47.1 Å². The lowest BCUT2D eigenvalue weighted by atomic mass is 9.82. The van der Waals surface area contributed by atoms with Crippen LogP contribution in [0.3, 0.4) is 0 Å². The number of carbonyl (C=O) groups is 2. The molecule has 0 aromatic heterocycles. The molecule has 63 heavy (non-hydrogen) atoms. The number of nitrogens with zero attached hydrogens (tertiary/aromatic N) is 1. The van der Waals surface area contributed by atoms with Crippen molar-refractivity contribution >= 4 is 43.4 Å². The van der Waals surface area contributed by atoms with Gasteiger partial charge in [-0.3, -0.25) is 9.44 Å². The highest BCUT2D eigenvalue weighted by molar-refractivity contribution is 7.93. The van der Waals surface area contributed by atoms with Crippen LogP contribution in [0.4, 0.5) is 11.4 Å². The van der Waals surface area contributed by atoms with Crippen molar-refractivity contribution in [3.63, 3.8) is 0 Å². The third-order valence-corrected chi connectivity index (χ3v) is 13.6. The predicted octanol–water partition coefficient (Wildman–Crippen LogP) is 10.3. The van der Waals surface area contributed by atoms with Gasteiger partial charge < -0.3 is 10.2 Å². The average Bonchev–Trinajstić information content (AvgIpc) is 3.28. The van der Waals surface area contributed by atoms with Gasteiger partial charge in [-0.25, -0.2) is 26.4 Å². The summed E-state index contributed by atoms with van der Waals surface area (Å²) in [6, 6.07) is 43.2. The molecule has 6 rings (SSSR count). The van der Waals surface area contributed by atoms with Crippen molar-refractivity contribution in [3.05, 3.63) is 190 Å². The van der Waals surface area contributed by atoms with Gasteiger partial charge in [-0.15, -0.1) is 0 Å². The van der Waals surface area contributed by atoms with E-state index in [1.807, 2.05) is 60.7 Å². The molecule has 13 heteroatoms. The molecule has 0 aliphatic carbocycles. The number of anilines is 2. The SMILES string of the molecule is CCC(C)(C)c1ccc(S(=O)(=O)Nc2ccccc2CCCc2cccc(C(=O)O)c2)cc1.N#Cc1ccccc1S(=O)(=O)Nc1ccccc1CCCc1cccc(C(=O)O)c1. The Morgan fingerprint density at radius 1 is 0.587 bits per heavy atom. The van der Waals surface area contributed by atoms with Crippen LogP contribution in [0, 0.1) is 11.3 Å². The molecule has 0 saturated carbocycles. The zero-order valence-electron chi connectivity index (χ0n) is 35.4. The van der Waals surface area contributed by atoms with Crippen molar-refractivity contribution in [1.29, 1.82) is 5.26 Å². The first-order chi connectivity index (χ1) is 30.0. The van der Waals surface area contributed by atoms with E-state index in [0.29, 0.717) is 37.1 Å². The van der Waals surface area contributed by atoms with E-state index in [-0.39, 0.29) is 31.9 Å². The first-order valence-corrected chi connectivity index (χ1v) is 23.4. The van der Waals surface area contributed by atoms with Crippen LogP contribution >= 0.6 is 0 Å². The molecular weight excluding hydrogens is 835 g/mol. The number of aromatic carboxylic acids is 2. The van der Waals surface area contributed by atoms with E-state index in [1.54, 1.807) is 78.9 Å². The normalized spacial score (nSPS) is 11.4. The molecule has 0 spiro atoms. The van der Waals surface area contributed by atoms with Crippen molar-refractivity contribution in [2.24, 2.45) is 0 Å². The summed E-state index contributed by atoms with van der Waals surface area (Å²) in [6.45, 7) is 6.40. The maximum Gasteiger partial charge on any atom is 0.335 e. The number of benzene rings is 6. The number of sulfonamides is 2. The Morgan fingerprint density at radius 2 is 1.05 bits per heavy atom. The van der Waals surface area contributed by atoms with Gasteiger partial charge in [0.05, 0.1) is 33.0 Å². The van der Waals surface area contributed by atoms with Gasteiger partial charge in [0.1, 0.15) is 11.0 Å². The lowest BCUT2D eigenvalue weighted by Crippen LogP contribution is -2.17. The number of rotatable bonds is 18. The number of nitrogens with one attached hydrogen (secondary N) is 2. The van der Waals surface area contributed by atoms with Crippen molar-refractivity contribution in [1.82, 2.24) is 0 Å². The summed E-state index contributed by atoms with van der Waals surface area (Å²) in [6.07, 6.45) is 5.09. The molecule has 0 radical (unpaired) electrons. The Kier molecular flexibility index (Phi) is 16.0. The van der Waals surface area contributed by atoms with Crippen LogP contribution in [0.5, 0.6) is 0 Å². The number of aryl methyl sites for hydroxylation is 4. The minimum Gasteiger partial charge on any atom is -0.478 e. The highest BCUT2D eigenvalue weighted by atomic mass is 32.2. The van der Waals surface area contributed by atoms with Crippen molar-refractivity contribution in [2.75, 3.05) is 9.44 Å². The molecule has 0 fully saturated rings. The van der Waals surface area contributed by atoms with Crippen LogP contribution < -0.4 is 9.44 Å². The number of para-hydroxylation sites is 2. The Bertz CT molecular complexity index is 2820. The lowest BCUT2D eigenvalue weighted by molar-refractivity contribution is 0.0686. The van der Waals surface area contributed by atoms with Gasteiger partial charge in [0.15, 0.2) is 0 Å². The van der Waals surface area contributed by atoms with E-state index < -0.39 is 32.0 Å². The zero-order chi connectivity index (χ0) is 45.6. The van der Waals surface area contributed by atoms with Crippen LogP contribution in [-0.2, 0) is 51.1 Å². The molecule has 0 atom stereocenters. The predicted molar refractivity (Wildman–Crippen MR) is 246 cm³/mol. The van der Waals surface area contributed by atoms with E-state index in [4.69, 9.17) is 10.2 Å². The zero-order valence-corrected chi connectivity index (χ0v) is 37.0. The highest BCUT2D eigenvalue weighted by Gasteiger charge is 2.22. The molecule has 6 aromatic carbocycles. The summed E-state index contributed by atoms with van der Waals surface area (Å²) < 4.78 is 57.0. The minimum absolute atomic E-state index is 0.00764. The summed E-state index contributed by atoms with van der Waals surface area (Å²) in [5.41, 5.74) is 6.32. The van der Waals surface area contributed by atoms with E-state index in [9.17, 15) is 31.7 Å². The van der Waals surface area contributed by atoms with Crippen LogP contribution in [0.2, 0.25) is 0 Å². The second-order valence-electron chi connectivity index (χ2n) is 15.6. The van der Waals surface area contributed by atoms with Crippen molar-refractivity contribution in [2.45, 2.75) is 80.9 Å². The largest absolute Gasteiger partial charge is 0.478 e. The monoisotopic (exact) mass is 885 g/mol. The molecule has 0 unspecified atom stereocenters. The first kappa shape index (κ1) is 47.3. The van der Waals surface area contributed by atoms with Gasteiger partial charge in [-0.05, 0) is 139 Å². The fourth-order valence-electron chi connectivity index (χ4n) is 6.85. The lowest BCUT2D eigenvalue weighted by Gasteiger charge is -2.23. The minimum atomic E-state index is -3.91. The Morgan fingerprint density at radius 3 is 1.52 bits per heavy atom. The number of carboxylic acids is 2. The molecule has 11 nitrogen and oxygen atoms in total. The second-order valence-corrected chi connectivity index (χ2v) is 18.9. The van der Waals surface area contributed by atoms with Crippen LogP contribution in [-0.4, -0.2) is 39.0 Å². The molecular formula is C50H51N3O8S2. The fourth-order valence-corrected chi connectivity index (χ4v) is 9.21. The summed E-state index contributed by atoms with van der Waals surface area (Å²) in [7, 11) is -7.62. The van der Waals surface area contributed by atoms with E-state index in [2.05, 4.69) is 30.2 Å². The maximum absolute atomic E-state index is 13.0. The number of hydrogen-bond acceptors (Lipinski definition) is 7. The van der Waals surface area contributed by atoms with Crippen molar-refractivity contribution in [3.8, 4) is 6.07 Å². The molecule has 0 saturated heterocycles. The van der Waals surface area contributed by atoms with Gasteiger partial charge in [-0.2, -0.15) is 5.26 Å². The molecule has 6 aromatic rings. The quantitative estimate of drug-likeness (QED) is 0.0650. The van der Waals surface area contributed by atoms with Gasteiger partial charge in [0.25, 0.3) is 20.0 Å². The van der Waals surface area contributed by atoms with Gasteiger partial charge in [0.2, 0.25) is 0 Å². The summed E-state index contributed by atoms with van der Waals surface area (Å²) in [5, 5.41) is 27.5. The first-order valence-electron chi connectivity index (χ1n) is 20.5. The number of carboxylic acid groups (broad SMARTS) is 2. The van der Waals surface area contributed by atoms with Gasteiger partial charge in [-0.1, -0.05) is 106 Å². The Labute approximate surface area is 370 Å². The Balaban J connectivity index is 0.000000239. The molecule has 0 heterocycles.